The highest BCUT2D eigenvalue weighted by Gasteiger charge is 2.15. The van der Waals surface area contributed by atoms with Gasteiger partial charge in [0.1, 0.15) is 5.75 Å². The zero-order chi connectivity index (χ0) is 28.2. The van der Waals surface area contributed by atoms with E-state index in [1.54, 1.807) is 48.5 Å². The molecular weight excluding hydrogens is 568 g/mol. The second-order valence-electron chi connectivity index (χ2n) is 8.02. The Morgan fingerprint density at radius 3 is 2.33 bits per heavy atom. The molecule has 10 nitrogen and oxygen atoms in total. The average molecular weight is 597 g/mol. The maximum atomic E-state index is 12.4. The SMILES string of the molecule is CCOc1ccccc1NC(=O)C(=O)N/N=C\c1ccc(OCC(=O)Nc2ccc(Br)c(C)c2)c(OCC)c1. The topological polar surface area (TPSA) is 127 Å². The minimum absolute atomic E-state index is 0.222. The number of ether oxygens (including phenoxy) is 3. The van der Waals surface area contributed by atoms with E-state index >= 15 is 0 Å². The highest BCUT2D eigenvalue weighted by atomic mass is 79.9. The number of aryl methyl sites for hydroxylation is 1. The summed E-state index contributed by atoms with van der Waals surface area (Å²) in [4.78, 5) is 36.8. The molecule has 3 aromatic carbocycles. The van der Waals surface area contributed by atoms with E-state index < -0.39 is 11.8 Å². The van der Waals surface area contributed by atoms with Crippen LogP contribution in [0.25, 0.3) is 0 Å². The van der Waals surface area contributed by atoms with Gasteiger partial charge >= 0.3 is 11.8 Å². The molecule has 0 saturated heterocycles. The first kappa shape index (κ1) is 29.2. The molecule has 3 N–H and O–H groups in total. The predicted octanol–water partition coefficient (Wildman–Crippen LogP) is 4.66. The third-order valence-electron chi connectivity index (χ3n) is 5.09. The molecule has 0 fully saturated rings. The van der Waals surface area contributed by atoms with Gasteiger partial charge in [0.05, 0.1) is 25.1 Å². The summed E-state index contributed by atoms with van der Waals surface area (Å²) in [5, 5.41) is 9.14. The van der Waals surface area contributed by atoms with Gasteiger partial charge in [-0.3, -0.25) is 14.4 Å². The fourth-order valence-corrected chi connectivity index (χ4v) is 3.55. The predicted molar refractivity (Wildman–Crippen MR) is 153 cm³/mol. The normalized spacial score (nSPS) is 10.6. The lowest BCUT2D eigenvalue weighted by Gasteiger charge is -2.13. The molecule has 0 saturated carbocycles. The quantitative estimate of drug-likeness (QED) is 0.168. The number of nitrogens with zero attached hydrogens (tertiary/aromatic N) is 1. The summed E-state index contributed by atoms with van der Waals surface area (Å²) in [6, 6.07) is 17.2. The van der Waals surface area contributed by atoms with Gasteiger partial charge in [-0.15, -0.1) is 0 Å². The standard InChI is InChI=1S/C28H29BrN4O6/c1-4-37-23-9-7-6-8-22(23)32-27(35)28(36)33-30-16-19-10-13-24(25(15-19)38-5-2)39-17-26(34)31-20-11-12-21(29)18(3)14-20/h6-16H,4-5,17H2,1-3H3,(H,31,34)(H,32,35)(H,33,36)/b30-16-. The van der Waals surface area contributed by atoms with Crippen LogP contribution in [-0.2, 0) is 14.4 Å². The molecule has 0 aliphatic carbocycles. The molecule has 204 valence electrons. The number of anilines is 2. The molecule has 0 atom stereocenters. The molecule has 3 amide bonds. The van der Waals surface area contributed by atoms with Crippen molar-refractivity contribution in [1.29, 1.82) is 0 Å². The van der Waals surface area contributed by atoms with Crippen molar-refractivity contribution < 1.29 is 28.6 Å². The van der Waals surface area contributed by atoms with Gasteiger partial charge in [-0.1, -0.05) is 28.1 Å². The van der Waals surface area contributed by atoms with Gasteiger partial charge in [-0.2, -0.15) is 5.10 Å². The second kappa shape index (κ2) is 14.5. The molecule has 0 aromatic heterocycles. The monoisotopic (exact) mass is 596 g/mol. The van der Waals surface area contributed by atoms with Crippen LogP contribution in [0.1, 0.15) is 25.0 Å². The zero-order valence-corrected chi connectivity index (χ0v) is 23.3. The second-order valence-corrected chi connectivity index (χ2v) is 8.88. The lowest BCUT2D eigenvalue weighted by atomic mass is 10.2. The number of rotatable bonds is 11. The third kappa shape index (κ3) is 8.85. The number of hydrazone groups is 1. The van der Waals surface area contributed by atoms with E-state index in [-0.39, 0.29) is 12.5 Å². The van der Waals surface area contributed by atoms with Gasteiger partial charge in [0, 0.05) is 10.2 Å². The Labute approximate surface area is 234 Å². The molecule has 3 aromatic rings. The summed E-state index contributed by atoms with van der Waals surface area (Å²) < 4.78 is 17.7. The summed E-state index contributed by atoms with van der Waals surface area (Å²) >= 11 is 3.43. The van der Waals surface area contributed by atoms with E-state index in [9.17, 15) is 14.4 Å². The van der Waals surface area contributed by atoms with Crippen molar-refractivity contribution >= 4 is 51.2 Å². The third-order valence-corrected chi connectivity index (χ3v) is 5.98. The molecule has 0 aliphatic heterocycles. The zero-order valence-electron chi connectivity index (χ0n) is 21.7. The van der Waals surface area contributed by atoms with E-state index in [2.05, 4.69) is 37.1 Å². The Bertz CT molecular complexity index is 1360. The maximum absolute atomic E-state index is 12.4. The molecular formula is C28H29BrN4O6. The first-order chi connectivity index (χ1) is 18.8. The van der Waals surface area contributed by atoms with Gasteiger partial charge in [-0.25, -0.2) is 5.43 Å². The first-order valence-corrected chi connectivity index (χ1v) is 12.9. The smallest absolute Gasteiger partial charge is 0.329 e. The Balaban J connectivity index is 1.57. The van der Waals surface area contributed by atoms with Crippen LogP contribution >= 0.6 is 15.9 Å². The van der Waals surface area contributed by atoms with E-state index in [0.29, 0.717) is 47.4 Å². The summed E-state index contributed by atoms with van der Waals surface area (Å²) in [6.07, 6.45) is 1.36. The molecule has 39 heavy (non-hydrogen) atoms. The Hall–Kier alpha value is -4.38. The van der Waals surface area contributed by atoms with Crippen molar-refractivity contribution in [3.05, 3.63) is 76.3 Å². The molecule has 11 heteroatoms. The summed E-state index contributed by atoms with van der Waals surface area (Å²) in [5.41, 5.74) is 4.79. The first-order valence-electron chi connectivity index (χ1n) is 12.1. The highest BCUT2D eigenvalue weighted by Crippen LogP contribution is 2.28. The van der Waals surface area contributed by atoms with Gasteiger partial charge in [0.2, 0.25) is 0 Å². The molecule has 0 aliphatic rings. The Morgan fingerprint density at radius 2 is 1.59 bits per heavy atom. The van der Waals surface area contributed by atoms with E-state index in [0.717, 1.165) is 10.0 Å². The van der Waals surface area contributed by atoms with Crippen LogP contribution in [0.2, 0.25) is 0 Å². The number of amides is 3. The number of halogens is 1. The van der Waals surface area contributed by atoms with Crippen molar-refractivity contribution in [2.45, 2.75) is 20.8 Å². The van der Waals surface area contributed by atoms with E-state index in [4.69, 9.17) is 14.2 Å². The highest BCUT2D eigenvalue weighted by molar-refractivity contribution is 9.10. The van der Waals surface area contributed by atoms with Crippen molar-refractivity contribution in [1.82, 2.24) is 5.43 Å². The van der Waals surface area contributed by atoms with Crippen molar-refractivity contribution in [3.63, 3.8) is 0 Å². The van der Waals surface area contributed by atoms with Crippen molar-refractivity contribution in [2.24, 2.45) is 5.10 Å². The lowest BCUT2D eigenvalue weighted by Crippen LogP contribution is -2.32. The Kier molecular flexibility index (Phi) is 10.9. The minimum Gasteiger partial charge on any atom is -0.492 e. The molecule has 0 unspecified atom stereocenters. The Morgan fingerprint density at radius 1 is 0.846 bits per heavy atom. The minimum atomic E-state index is -0.950. The van der Waals surface area contributed by atoms with Gasteiger partial charge < -0.3 is 24.8 Å². The van der Waals surface area contributed by atoms with E-state index in [1.807, 2.05) is 32.9 Å². The van der Waals surface area contributed by atoms with Crippen LogP contribution in [0, 0.1) is 6.92 Å². The summed E-state index contributed by atoms with van der Waals surface area (Å²) in [6.45, 7) is 6.12. The van der Waals surface area contributed by atoms with Crippen LogP contribution < -0.4 is 30.3 Å². The maximum Gasteiger partial charge on any atom is 0.329 e. The lowest BCUT2D eigenvalue weighted by molar-refractivity contribution is -0.136. The van der Waals surface area contributed by atoms with Crippen LogP contribution in [0.4, 0.5) is 11.4 Å². The number of para-hydroxylation sites is 2. The number of hydrogen-bond acceptors (Lipinski definition) is 7. The molecule has 0 heterocycles. The number of nitrogens with one attached hydrogen (secondary N) is 3. The van der Waals surface area contributed by atoms with Gasteiger partial charge in [-0.05, 0) is 80.4 Å². The molecule has 0 radical (unpaired) electrons. The number of carbonyl (C=O) groups excluding carboxylic acids is 3. The van der Waals surface area contributed by atoms with Gasteiger partial charge in [0.25, 0.3) is 5.91 Å². The van der Waals surface area contributed by atoms with Crippen molar-refractivity contribution in [2.75, 3.05) is 30.5 Å². The summed E-state index contributed by atoms with van der Waals surface area (Å²) in [7, 11) is 0. The average Bonchev–Trinajstić information content (AvgIpc) is 2.91. The number of benzene rings is 3. The van der Waals surface area contributed by atoms with Crippen LogP contribution in [0.3, 0.4) is 0 Å². The summed E-state index contributed by atoms with van der Waals surface area (Å²) in [5.74, 6) is -0.951. The largest absolute Gasteiger partial charge is 0.492 e. The van der Waals surface area contributed by atoms with E-state index in [1.165, 1.54) is 6.21 Å². The molecule has 3 rings (SSSR count). The fraction of sp³-hybridized carbons (Fsp3) is 0.214. The molecule has 0 bridgehead atoms. The fourth-order valence-electron chi connectivity index (χ4n) is 3.30. The number of carbonyl (C=O) groups is 3. The van der Waals surface area contributed by atoms with Crippen LogP contribution in [-0.4, -0.2) is 43.8 Å². The van der Waals surface area contributed by atoms with Gasteiger partial charge in [0.15, 0.2) is 18.1 Å². The van der Waals surface area contributed by atoms with Crippen LogP contribution in [0.15, 0.2) is 70.2 Å². The molecule has 0 spiro atoms. The van der Waals surface area contributed by atoms with Crippen molar-refractivity contribution in [3.8, 4) is 17.2 Å². The number of hydrogen-bond donors (Lipinski definition) is 3. The van der Waals surface area contributed by atoms with Crippen LogP contribution in [0.5, 0.6) is 17.2 Å².